The SMILES string of the molecule is FC1N=CC=CN1c1ncnc2[nH]ccc12. The van der Waals surface area contributed by atoms with Crippen molar-refractivity contribution in [2.75, 3.05) is 4.90 Å². The van der Waals surface area contributed by atoms with Gasteiger partial charge in [0.15, 0.2) is 0 Å². The molecular weight excluding hydrogens is 209 g/mol. The average Bonchev–Trinajstić information content (AvgIpc) is 2.77. The molecular formula is C10H8FN5. The van der Waals surface area contributed by atoms with Crippen LogP contribution >= 0.6 is 0 Å². The van der Waals surface area contributed by atoms with Crippen LogP contribution in [0.1, 0.15) is 0 Å². The second-order valence-electron chi connectivity index (χ2n) is 3.29. The molecule has 2 aromatic rings. The molecule has 1 atom stereocenters. The fourth-order valence-corrected chi connectivity index (χ4v) is 1.63. The predicted octanol–water partition coefficient (Wildman–Crippen LogP) is 1.62. The molecule has 0 aliphatic carbocycles. The summed E-state index contributed by atoms with van der Waals surface area (Å²) in [7, 11) is 0. The van der Waals surface area contributed by atoms with Gasteiger partial charge in [-0.1, -0.05) is 0 Å². The summed E-state index contributed by atoms with van der Waals surface area (Å²) in [5.74, 6) is 0.506. The van der Waals surface area contributed by atoms with Crippen molar-refractivity contribution in [3.8, 4) is 0 Å². The van der Waals surface area contributed by atoms with Gasteiger partial charge in [0.05, 0.1) is 5.39 Å². The van der Waals surface area contributed by atoms with Gasteiger partial charge >= 0.3 is 0 Å². The van der Waals surface area contributed by atoms with E-state index in [0.29, 0.717) is 11.5 Å². The maximum Gasteiger partial charge on any atom is 0.271 e. The number of fused-ring (bicyclic) bond motifs is 1. The van der Waals surface area contributed by atoms with Crippen LogP contribution in [0.4, 0.5) is 10.2 Å². The summed E-state index contributed by atoms with van der Waals surface area (Å²) in [6, 6.07) is 1.81. The molecule has 0 saturated carbocycles. The van der Waals surface area contributed by atoms with Gasteiger partial charge in [-0.3, -0.25) is 4.90 Å². The summed E-state index contributed by atoms with van der Waals surface area (Å²) in [6.07, 6.45) is 6.40. The molecule has 3 heterocycles. The third kappa shape index (κ3) is 1.27. The van der Waals surface area contributed by atoms with E-state index in [-0.39, 0.29) is 0 Å². The number of hydrogen-bond donors (Lipinski definition) is 1. The molecule has 0 aromatic carbocycles. The lowest BCUT2D eigenvalue weighted by molar-refractivity contribution is 0.349. The number of rotatable bonds is 1. The van der Waals surface area contributed by atoms with Crippen LogP contribution in [-0.2, 0) is 0 Å². The molecule has 6 heteroatoms. The minimum Gasteiger partial charge on any atom is -0.346 e. The van der Waals surface area contributed by atoms with Crippen molar-refractivity contribution in [1.82, 2.24) is 15.0 Å². The number of halogens is 1. The van der Waals surface area contributed by atoms with E-state index in [9.17, 15) is 4.39 Å². The van der Waals surface area contributed by atoms with E-state index in [4.69, 9.17) is 0 Å². The molecule has 5 nitrogen and oxygen atoms in total. The quantitative estimate of drug-likeness (QED) is 0.738. The van der Waals surface area contributed by atoms with Crippen LogP contribution in [0.5, 0.6) is 0 Å². The van der Waals surface area contributed by atoms with E-state index in [1.165, 1.54) is 17.4 Å². The van der Waals surface area contributed by atoms with Crippen LogP contribution in [0.2, 0.25) is 0 Å². The van der Waals surface area contributed by atoms with E-state index >= 15 is 0 Å². The largest absolute Gasteiger partial charge is 0.346 e. The third-order valence-electron chi connectivity index (χ3n) is 2.35. The number of allylic oxidation sites excluding steroid dienone is 1. The van der Waals surface area contributed by atoms with Crippen molar-refractivity contribution in [2.24, 2.45) is 4.99 Å². The zero-order chi connectivity index (χ0) is 11.0. The first-order chi connectivity index (χ1) is 7.86. The molecule has 1 N–H and O–H groups in total. The predicted molar refractivity (Wildman–Crippen MR) is 58.9 cm³/mol. The highest BCUT2D eigenvalue weighted by Gasteiger charge is 2.19. The molecule has 16 heavy (non-hydrogen) atoms. The Hall–Kier alpha value is -2.24. The maximum absolute atomic E-state index is 13.6. The molecule has 0 radical (unpaired) electrons. The second-order valence-corrected chi connectivity index (χ2v) is 3.29. The summed E-state index contributed by atoms with van der Waals surface area (Å²) in [6.45, 7) is 0. The Kier molecular flexibility index (Phi) is 1.92. The molecule has 0 amide bonds. The van der Waals surface area contributed by atoms with E-state index in [1.807, 2.05) is 6.07 Å². The number of H-pyrrole nitrogens is 1. The van der Waals surface area contributed by atoms with Crippen molar-refractivity contribution < 1.29 is 4.39 Å². The Labute approximate surface area is 90.3 Å². The molecule has 0 fully saturated rings. The van der Waals surface area contributed by atoms with Gasteiger partial charge in [-0.2, -0.15) is 4.39 Å². The number of nitrogens with zero attached hydrogens (tertiary/aromatic N) is 4. The van der Waals surface area contributed by atoms with Crippen LogP contribution in [0.3, 0.4) is 0 Å². The van der Waals surface area contributed by atoms with Gasteiger partial charge < -0.3 is 4.98 Å². The van der Waals surface area contributed by atoms with E-state index in [1.54, 1.807) is 18.5 Å². The first kappa shape index (κ1) is 9.02. The first-order valence-electron chi connectivity index (χ1n) is 4.77. The Morgan fingerprint density at radius 1 is 1.38 bits per heavy atom. The van der Waals surface area contributed by atoms with Crippen molar-refractivity contribution >= 4 is 23.1 Å². The number of aliphatic imine (C=N–C) groups is 1. The highest BCUT2D eigenvalue weighted by molar-refractivity contribution is 5.88. The van der Waals surface area contributed by atoms with Crippen molar-refractivity contribution in [3.05, 3.63) is 30.9 Å². The molecule has 3 rings (SSSR count). The molecule has 0 spiro atoms. The average molecular weight is 217 g/mol. The number of aromatic nitrogens is 3. The number of alkyl halides is 1. The molecule has 1 aliphatic heterocycles. The van der Waals surface area contributed by atoms with Gasteiger partial charge in [0, 0.05) is 18.6 Å². The number of aromatic amines is 1. The standard InChI is InChI=1S/C10H8FN5/c11-10-13-3-1-5-16(10)9-7-2-4-12-8(7)14-6-15-9/h1-6,10H,(H,12,14,15). The normalized spacial score (nSPS) is 19.6. The van der Waals surface area contributed by atoms with Crippen LogP contribution in [0.15, 0.2) is 35.9 Å². The highest BCUT2D eigenvalue weighted by atomic mass is 19.1. The fraction of sp³-hybridized carbons (Fsp3) is 0.100. The molecule has 80 valence electrons. The third-order valence-corrected chi connectivity index (χ3v) is 2.35. The zero-order valence-electron chi connectivity index (χ0n) is 8.21. The van der Waals surface area contributed by atoms with Crippen molar-refractivity contribution in [3.63, 3.8) is 0 Å². The highest BCUT2D eigenvalue weighted by Crippen LogP contribution is 2.25. The molecule has 0 saturated heterocycles. The lowest BCUT2D eigenvalue weighted by Crippen LogP contribution is -2.28. The lowest BCUT2D eigenvalue weighted by Gasteiger charge is -2.22. The van der Waals surface area contributed by atoms with Gasteiger partial charge in [0.1, 0.15) is 17.8 Å². The van der Waals surface area contributed by atoms with Crippen LogP contribution in [0.25, 0.3) is 11.0 Å². The summed E-state index contributed by atoms with van der Waals surface area (Å²) in [5, 5.41) is 0.770. The fourth-order valence-electron chi connectivity index (χ4n) is 1.63. The first-order valence-corrected chi connectivity index (χ1v) is 4.77. The van der Waals surface area contributed by atoms with E-state index in [2.05, 4.69) is 19.9 Å². The molecule has 0 bridgehead atoms. The summed E-state index contributed by atoms with van der Waals surface area (Å²) < 4.78 is 13.6. The maximum atomic E-state index is 13.6. The molecule has 1 aliphatic rings. The van der Waals surface area contributed by atoms with Gasteiger partial charge in [-0.05, 0) is 12.1 Å². The summed E-state index contributed by atoms with van der Waals surface area (Å²) in [4.78, 5) is 16.1. The smallest absolute Gasteiger partial charge is 0.271 e. The summed E-state index contributed by atoms with van der Waals surface area (Å²) in [5.41, 5.74) is 0.681. The number of nitrogens with one attached hydrogen (secondary N) is 1. The number of hydrogen-bond acceptors (Lipinski definition) is 4. The Balaban J connectivity index is 2.15. The minimum absolute atomic E-state index is 0.506. The van der Waals surface area contributed by atoms with Crippen molar-refractivity contribution in [1.29, 1.82) is 0 Å². The van der Waals surface area contributed by atoms with E-state index in [0.717, 1.165) is 5.39 Å². The Morgan fingerprint density at radius 3 is 3.19 bits per heavy atom. The Morgan fingerprint density at radius 2 is 2.31 bits per heavy atom. The summed E-state index contributed by atoms with van der Waals surface area (Å²) >= 11 is 0. The van der Waals surface area contributed by atoms with E-state index < -0.39 is 6.42 Å². The minimum atomic E-state index is -1.43. The van der Waals surface area contributed by atoms with Gasteiger partial charge in [0.25, 0.3) is 6.42 Å². The van der Waals surface area contributed by atoms with Crippen LogP contribution in [-0.4, -0.2) is 27.6 Å². The van der Waals surface area contributed by atoms with Crippen molar-refractivity contribution in [2.45, 2.75) is 6.42 Å². The molecule has 2 aromatic heterocycles. The molecule has 1 unspecified atom stereocenters. The van der Waals surface area contributed by atoms with Gasteiger partial charge in [-0.25, -0.2) is 15.0 Å². The van der Waals surface area contributed by atoms with Gasteiger partial charge in [0.2, 0.25) is 0 Å². The van der Waals surface area contributed by atoms with Gasteiger partial charge in [-0.15, -0.1) is 0 Å². The Bertz CT molecular complexity index is 573. The van der Waals surface area contributed by atoms with Crippen LogP contribution < -0.4 is 4.90 Å². The van der Waals surface area contributed by atoms with Crippen LogP contribution in [0, 0.1) is 0 Å². The topological polar surface area (TPSA) is 57.2 Å². The zero-order valence-corrected chi connectivity index (χ0v) is 8.21. The second kappa shape index (κ2) is 3.41. The number of anilines is 1. The lowest BCUT2D eigenvalue weighted by atomic mass is 10.3. The monoisotopic (exact) mass is 217 g/mol.